The molecule has 0 atom stereocenters. The van der Waals surface area contributed by atoms with Crippen molar-refractivity contribution in [3.05, 3.63) is 18.7 Å². The summed E-state index contributed by atoms with van der Waals surface area (Å²) in [5.74, 6) is 0.451. The van der Waals surface area contributed by atoms with Gasteiger partial charge >= 0.3 is 0 Å². The van der Waals surface area contributed by atoms with Crippen LogP contribution in [0.25, 0.3) is 6.08 Å². The van der Waals surface area contributed by atoms with Gasteiger partial charge in [0, 0.05) is 0 Å². The first-order chi connectivity index (χ1) is 3.93. The fourth-order valence-electron chi connectivity index (χ4n) is 0.295. The molecule has 0 saturated heterocycles. The zero-order valence-electron chi connectivity index (χ0n) is 4.15. The Morgan fingerprint density at radius 3 is 2.38 bits per heavy atom. The van der Waals surface area contributed by atoms with Gasteiger partial charge < -0.3 is 0 Å². The Kier molecular flexibility index (Phi) is 1.27. The summed E-state index contributed by atoms with van der Waals surface area (Å²) in [5, 5.41) is 14.0. The van der Waals surface area contributed by atoms with Crippen molar-refractivity contribution in [3.63, 3.8) is 0 Å². The van der Waals surface area contributed by atoms with Gasteiger partial charge in [-0.05, 0) is 6.08 Å². The Morgan fingerprint density at radius 1 is 1.38 bits per heavy atom. The SMILES string of the molecule is C=Cc1nncnn1. The third kappa shape index (κ3) is 0.841. The van der Waals surface area contributed by atoms with Crippen LogP contribution in [0.4, 0.5) is 0 Å². The third-order valence-corrected chi connectivity index (χ3v) is 0.606. The minimum absolute atomic E-state index is 0.451. The fourth-order valence-corrected chi connectivity index (χ4v) is 0.295. The number of nitrogens with zero attached hydrogens (tertiary/aromatic N) is 4. The van der Waals surface area contributed by atoms with Gasteiger partial charge in [0.2, 0.25) is 0 Å². The van der Waals surface area contributed by atoms with Crippen molar-refractivity contribution in [2.45, 2.75) is 0 Å². The quantitative estimate of drug-likeness (QED) is 0.504. The molecule has 0 N–H and O–H groups in total. The molecule has 1 aromatic rings. The minimum atomic E-state index is 0.451. The van der Waals surface area contributed by atoms with E-state index in [1.807, 2.05) is 0 Å². The van der Waals surface area contributed by atoms with E-state index in [4.69, 9.17) is 0 Å². The summed E-state index contributed by atoms with van der Waals surface area (Å²) in [6.45, 7) is 3.43. The van der Waals surface area contributed by atoms with Crippen LogP contribution in [0, 0.1) is 0 Å². The molecule has 0 bridgehead atoms. The van der Waals surface area contributed by atoms with Crippen molar-refractivity contribution >= 4 is 6.08 Å². The maximum absolute atomic E-state index is 3.56. The van der Waals surface area contributed by atoms with Crippen LogP contribution in [-0.2, 0) is 0 Å². The van der Waals surface area contributed by atoms with E-state index >= 15 is 0 Å². The highest BCUT2D eigenvalue weighted by Gasteiger charge is 1.82. The lowest BCUT2D eigenvalue weighted by molar-refractivity contribution is 0.839. The van der Waals surface area contributed by atoms with Crippen LogP contribution >= 0.6 is 0 Å². The predicted octanol–water partition coefficient (Wildman–Crippen LogP) is -0.0904. The molecule has 40 valence electrons. The van der Waals surface area contributed by atoms with Crippen LogP contribution in [0.15, 0.2) is 12.9 Å². The van der Waals surface area contributed by atoms with Crippen LogP contribution < -0.4 is 0 Å². The molecule has 4 nitrogen and oxygen atoms in total. The molecule has 0 fully saturated rings. The molecular formula is C4H4N4. The fraction of sp³-hybridized carbons (Fsp3) is 0. The normalized spacial score (nSPS) is 8.50. The Hall–Kier alpha value is -1.32. The summed E-state index contributed by atoms with van der Waals surface area (Å²) in [6, 6.07) is 0. The zero-order valence-corrected chi connectivity index (χ0v) is 4.15. The van der Waals surface area contributed by atoms with Crippen LogP contribution in [0.1, 0.15) is 5.82 Å². The van der Waals surface area contributed by atoms with Crippen molar-refractivity contribution in [2.24, 2.45) is 0 Å². The minimum Gasteiger partial charge on any atom is -0.135 e. The molecule has 1 rings (SSSR count). The van der Waals surface area contributed by atoms with E-state index in [9.17, 15) is 0 Å². The molecule has 1 heterocycles. The Bertz CT molecular complexity index is 171. The van der Waals surface area contributed by atoms with Crippen LogP contribution in [0.2, 0.25) is 0 Å². The molecule has 8 heavy (non-hydrogen) atoms. The lowest BCUT2D eigenvalue weighted by Crippen LogP contribution is -1.91. The van der Waals surface area contributed by atoms with E-state index in [0.29, 0.717) is 5.82 Å². The second-order valence-corrected chi connectivity index (χ2v) is 1.11. The first-order valence-electron chi connectivity index (χ1n) is 2.06. The van der Waals surface area contributed by atoms with Crippen LogP contribution in [0.5, 0.6) is 0 Å². The molecule has 0 aromatic carbocycles. The van der Waals surface area contributed by atoms with Gasteiger partial charge in [0.1, 0.15) is 0 Å². The van der Waals surface area contributed by atoms with Gasteiger partial charge in [-0.1, -0.05) is 6.58 Å². The van der Waals surface area contributed by atoms with Crippen molar-refractivity contribution in [1.29, 1.82) is 0 Å². The van der Waals surface area contributed by atoms with Crippen LogP contribution in [0.3, 0.4) is 0 Å². The molecule has 0 aliphatic heterocycles. The maximum Gasteiger partial charge on any atom is 0.195 e. The molecule has 4 heteroatoms. The van der Waals surface area contributed by atoms with E-state index < -0.39 is 0 Å². The summed E-state index contributed by atoms with van der Waals surface area (Å²) >= 11 is 0. The first-order valence-corrected chi connectivity index (χ1v) is 2.06. The van der Waals surface area contributed by atoms with Gasteiger partial charge in [0.25, 0.3) is 0 Å². The van der Waals surface area contributed by atoms with Crippen molar-refractivity contribution in [3.8, 4) is 0 Å². The third-order valence-electron chi connectivity index (χ3n) is 0.606. The average molecular weight is 108 g/mol. The number of aromatic nitrogens is 4. The van der Waals surface area contributed by atoms with Gasteiger partial charge in [-0.2, -0.15) is 0 Å². The second-order valence-electron chi connectivity index (χ2n) is 1.11. The first kappa shape index (κ1) is 4.83. The Labute approximate surface area is 46.3 Å². The monoisotopic (exact) mass is 108 g/mol. The molecule has 0 radical (unpaired) electrons. The summed E-state index contributed by atoms with van der Waals surface area (Å²) < 4.78 is 0. The van der Waals surface area contributed by atoms with Crippen molar-refractivity contribution in [2.75, 3.05) is 0 Å². The largest absolute Gasteiger partial charge is 0.195 e. The van der Waals surface area contributed by atoms with Gasteiger partial charge in [0.15, 0.2) is 12.2 Å². The molecule has 0 amide bonds. The van der Waals surface area contributed by atoms with Gasteiger partial charge in [0.05, 0.1) is 0 Å². The number of hydrogen-bond acceptors (Lipinski definition) is 4. The maximum atomic E-state index is 3.56. The second kappa shape index (κ2) is 2.11. The molecule has 0 aliphatic rings. The number of hydrogen-bond donors (Lipinski definition) is 0. The molecule has 0 aliphatic carbocycles. The van der Waals surface area contributed by atoms with E-state index in [-0.39, 0.29) is 0 Å². The van der Waals surface area contributed by atoms with Crippen molar-refractivity contribution in [1.82, 2.24) is 20.4 Å². The van der Waals surface area contributed by atoms with E-state index in [2.05, 4.69) is 27.0 Å². The highest BCUT2D eigenvalue weighted by atomic mass is 15.3. The average Bonchev–Trinajstić information content (AvgIpc) is 1.90. The summed E-state index contributed by atoms with van der Waals surface area (Å²) in [4.78, 5) is 0. The standard InChI is InChI=1S/C4H4N4/c1-2-4-7-5-3-6-8-4/h2-3H,1H2. The van der Waals surface area contributed by atoms with Crippen LogP contribution in [-0.4, -0.2) is 20.4 Å². The highest BCUT2D eigenvalue weighted by molar-refractivity contribution is 5.33. The highest BCUT2D eigenvalue weighted by Crippen LogP contribution is 1.79. The lowest BCUT2D eigenvalue weighted by atomic mass is 10.6. The van der Waals surface area contributed by atoms with Gasteiger partial charge in [-0.25, -0.2) is 0 Å². The smallest absolute Gasteiger partial charge is 0.135 e. The van der Waals surface area contributed by atoms with Gasteiger partial charge in [-0.15, -0.1) is 20.4 Å². The van der Waals surface area contributed by atoms with E-state index in [0.717, 1.165) is 0 Å². The summed E-state index contributed by atoms with van der Waals surface area (Å²) in [6.07, 6.45) is 2.76. The predicted molar refractivity (Wildman–Crippen MR) is 27.7 cm³/mol. The Balaban J connectivity index is 2.99. The summed E-state index contributed by atoms with van der Waals surface area (Å²) in [7, 11) is 0. The number of rotatable bonds is 1. The molecule has 0 unspecified atom stereocenters. The van der Waals surface area contributed by atoms with Gasteiger partial charge in [-0.3, -0.25) is 0 Å². The molecule has 1 aromatic heterocycles. The molecule has 0 spiro atoms. The van der Waals surface area contributed by atoms with Crippen molar-refractivity contribution < 1.29 is 0 Å². The molecule has 0 saturated carbocycles. The topological polar surface area (TPSA) is 51.6 Å². The lowest BCUT2D eigenvalue weighted by Gasteiger charge is -1.80. The Morgan fingerprint density at radius 2 is 2.00 bits per heavy atom. The molecular weight excluding hydrogens is 104 g/mol. The zero-order chi connectivity index (χ0) is 5.82. The van der Waals surface area contributed by atoms with E-state index in [1.165, 1.54) is 12.4 Å². The summed E-state index contributed by atoms with van der Waals surface area (Å²) in [5.41, 5.74) is 0. The van der Waals surface area contributed by atoms with E-state index in [1.54, 1.807) is 0 Å².